The van der Waals surface area contributed by atoms with Crippen molar-refractivity contribution in [2.75, 3.05) is 0 Å². The molecule has 0 radical (unpaired) electrons. The van der Waals surface area contributed by atoms with Gasteiger partial charge in [0.25, 0.3) is 0 Å². The number of unbranched alkanes of at least 4 members (excludes halogenated alkanes) is 2. The van der Waals surface area contributed by atoms with Crippen molar-refractivity contribution in [2.24, 2.45) is 0 Å². The van der Waals surface area contributed by atoms with Crippen molar-refractivity contribution in [3.63, 3.8) is 0 Å². The zero-order chi connectivity index (χ0) is 12.3. The van der Waals surface area contributed by atoms with E-state index in [1.54, 1.807) is 0 Å². The molecule has 1 aromatic rings. The number of para-hydroxylation sites is 1. The second-order valence-corrected chi connectivity index (χ2v) is 4.33. The number of hydroxylamine groups is 1. The molecule has 17 heavy (non-hydrogen) atoms. The molecule has 2 nitrogen and oxygen atoms in total. The summed E-state index contributed by atoms with van der Waals surface area (Å²) in [5.41, 5.74) is 3.46. The molecule has 0 amide bonds. The van der Waals surface area contributed by atoms with Crippen molar-refractivity contribution in [1.82, 2.24) is 0 Å². The normalized spacial score (nSPS) is 18.1. The number of fused-ring (bicyclic) bond motifs is 1. The fourth-order valence-electron chi connectivity index (χ4n) is 2.31. The highest BCUT2D eigenvalue weighted by molar-refractivity contribution is 5.80. The first kappa shape index (κ1) is 11.9. The van der Waals surface area contributed by atoms with Crippen LogP contribution in [0.15, 0.2) is 30.0 Å². The molecule has 1 aliphatic rings. The zero-order valence-electron chi connectivity index (χ0n) is 10.1. The second kappa shape index (κ2) is 5.18. The summed E-state index contributed by atoms with van der Waals surface area (Å²) >= 11 is 0. The minimum absolute atomic E-state index is 0.0228. The van der Waals surface area contributed by atoms with Crippen LogP contribution in [0.25, 0.3) is 5.57 Å². The van der Waals surface area contributed by atoms with E-state index in [1.807, 2.05) is 24.3 Å². The lowest BCUT2D eigenvalue weighted by Crippen LogP contribution is -2.98. The lowest BCUT2D eigenvalue weighted by Gasteiger charge is -2.16. The van der Waals surface area contributed by atoms with Crippen molar-refractivity contribution >= 4 is 11.3 Å². The monoisotopic (exact) mass is 227 g/mol. The van der Waals surface area contributed by atoms with Crippen molar-refractivity contribution < 1.29 is 5.06 Å². The van der Waals surface area contributed by atoms with Gasteiger partial charge in [-0.1, -0.05) is 31.9 Å². The lowest BCUT2D eigenvalue weighted by molar-refractivity contribution is -0.722. The van der Waals surface area contributed by atoms with Gasteiger partial charge in [-0.25, -0.2) is 0 Å². The molecular weight excluding hydrogens is 210 g/mol. The van der Waals surface area contributed by atoms with Crippen molar-refractivity contribution in [3.8, 4) is 12.3 Å². The largest absolute Gasteiger partial charge is 0.623 e. The van der Waals surface area contributed by atoms with Gasteiger partial charge in [-0.15, -0.1) is 6.42 Å². The molecular formula is C15H17NO. The number of allylic oxidation sites excluding steroid dienone is 2. The molecule has 0 saturated heterocycles. The van der Waals surface area contributed by atoms with Gasteiger partial charge in [0.2, 0.25) is 0 Å². The second-order valence-electron chi connectivity index (χ2n) is 4.33. The Morgan fingerprint density at radius 2 is 2.06 bits per heavy atom. The Hall–Kier alpha value is -1.56. The van der Waals surface area contributed by atoms with Gasteiger partial charge in [0.05, 0.1) is 0 Å². The fourth-order valence-corrected chi connectivity index (χ4v) is 2.31. The Balaban J connectivity index is 2.32. The van der Waals surface area contributed by atoms with Gasteiger partial charge in [-0.05, 0) is 24.8 Å². The average Bonchev–Trinajstić information content (AvgIpc) is 2.63. The van der Waals surface area contributed by atoms with Gasteiger partial charge >= 0.3 is 0 Å². The smallest absolute Gasteiger partial charge is 0.191 e. The summed E-state index contributed by atoms with van der Waals surface area (Å²) in [6, 6.07) is 7.71. The number of benzene rings is 1. The van der Waals surface area contributed by atoms with Gasteiger partial charge in [0.1, 0.15) is 5.69 Å². The van der Waals surface area contributed by atoms with E-state index in [9.17, 15) is 5.21 Å². The summed E-state index contributed by atoms with van der Waals surface area (Å²) in [4.78, 5) is 0. The van der Waals surface area contributed by atoms with Crippen LogP contribution in [0.2, 0.25) is 0 Å². The van der Waals surface area contributed by atoms with Crippen LogP contribution in [0.3, 0.4) is 0 Å². The number of hydrogen-bond acceptors (Lipinski definition) is 1. The Bertz CT molecular complexity index is 482. The van der Waals surface area contributed by atoms with Gasteiger partial charge < -0.3 is 5.21 Å². The highest BCUT2D eigenvalue weighted by Crippen LogP contribution is 2.32. The number of hydrogen-bond donors (Lipinski definition) is 1. The highest BCUT2D eigenvalue weighted by Gasteiger charge is 2.27. The predicted octanol–water partition coefficient (Wildman–Crippen LogP) is 2.64. The van der Waals surface area contributed by atoms with E-state index in [1.165, 1.54) is 12.8 Å². The summed E-state index contributed by atoms with van der Waals surface area (Å²) in [5.74, 6) is 2.57. The molecule has 0 bridgehead atoms. The van der Waals surface area contributed by atoms with Crippen LogP contribution in [-0.4, -0.2) is 0 Å². The van der Waals surface area contributed by atoms with Crippen molar-refractivity contribution in [1.29, 1.82) is 0 Å². The average molecular weight is 227 g/mol. The molecule has 1 aromatic carbocycles. The molecule has 0 fully saturated rings. The molecule has 0 saturated carbocycles. The predicted molar refractivity (Wildman–Crippen MR) is 70.3 cm³/mol. The van der Waals surface area contributed by atoms with E-state index in [2.05, 4.69) is 12.8 Å². The number of terminal acetylenes is 1. The van der Waals surface area contributed by atoms with Crippen LogP contribution < -0.4 is 5.06 Å². The molecule has 0 aliphatic carbocycles. The van der Waals surface area contributed by atoms with Crippen LogP contribution >= 0.6 is 0 Å². The molecule has 2 heteroatoms. The summed E-state index contributed by atoms with van der Waals surface area (Å²) < 4.78 is 0. The summed E-state index contributed by atoms with van der Waals surface area (Å²) in [6.45, 7) is 2.17. The minimum atomic E-state index is 0.0228. The van der Waals surface area contributed by atoms with E-state index < -0.39 is 0 Å². The Kier molecular flexibility index (Phi) is 3.63. The van der Waals surface area contributed by atoms with E-state index in [-0.39, 0.29) is 5.06 Å². The van der Waals surface area contributed by atoms with E-state index >= 15 is 0 Å². The van der Waals surface area contributed by atoms with Crippen molar-refractivity contribution in [2.45, 2.75) is 32.6 Å². The molecule has 1 aliphatic heterocycles. The first-order valence-electron chi connectivity index (χ1n) is 6.13. The maximum atomic E-state index is 12.1. The molecule has 1 N–H and O–H groups in total. The van der Waals surface area contributed by atoms with Crippen LogP contribution in [-0.2, 0) is 0 Å². The number of quaternary nitrogens is 1. The summed E-state index contributed by atoms with van der Waals surface area (Å²) in [6.07, 6.45) is 9.83. The van der Waals surface area contributed by atoms with Gasteiger partial charge in [0.15, 0.2) is 5.70 Å². The quantitative estimate of drug-likeness (QED) is 0.478. The maximum absolute atomic E-state index is 12.1. The zero-order valence-corrected chi connectivity index (χ0v) is 10.1. The highest BCUT2D eigenvalue weighted by atomic mass is 16.5. The van der Waals surface area contributed by atoms with Crippen LogP contribution in [0.4, 0.5) is 5.69 Å². The Morgan fingerprint density at radius 3 is 2.76 bits per heavy atom. The Morgan fingerprint density at radius 1 is 1.29 bits per heavy atom. The summed E-state index contributed by atoms with van der Waals surface area (Å²) in [7, 11) is 0. The first-order valence-corrected chi connectivity index (χ1v) is 6.13. The van der Waals surface area contributed by atoms with E-state index in [4.69, 9.17) is 6.42 Å². The fraction of sp³-hybridized carbons (Fsp3) is 0.333. The minimum Gasteiger partial charge on any atom is -0.623 e. The standard InChI is InChI=1S/C15H17NO/c1-3-5-6-9-12-13-10-7-8-11-15(13)16(17)14(12)4-2/h2,7-8,10-11,16H,3,5-6,9H2,1H3. The van der Waals surface area contributed by atoms with Gasteiger partial charge in [0, 0.05) is 17.2 Å². The Labute approximate surface area is 103 Å². The molecule has 1 heterocycles. The van der Waals surface area contributed by atoms with Crippen LogP contribution in [0.5, 0.6) is 0 Å². The van der Waals surface area contributed by atoms with Crippen LogP contribution in [0.1, 0.15) is 38.2 Å². The number of nitrogens with one attached hydrogen (secondary N) is 1. The first-order chi connectivity index (χ1) is 8.29. The molecule has 0 spiro atoms. The maximum Gasteiger partial charge on any atom is 0.191 e. The van der Waals surface area contributed by atoms with Gasteiger partial charge in [-0.2, -0.15) is 0 Å². The van der Waals surface area contributed by atoms with E-state index in [0.717, 1.165) is 29.7 Å². The third-order valence-corrected chi connectivity index (χ3v) is 3.20. The topological polar surface area (TPSA) is 27.5 Å². The SMILES string of the molecule is C#CC1=C(CCCCC)c2ccccc2[NH+]1[O-]. The van der Waals surface area contributed by atoms with Crippen molar-refractivity contribution in [3.05, 3.63) is 40.7 Å². The lowest BCUT2D eigenvalue weighted by atomic mass is 9.99. The molecule has 2 rings (SSSR count). The van der Waals surface area contributed by atoms with E-state index in [0.29, 0.717) is 5.70 Å². The molecule has 0 aromatic heterocycles. The van der Waals surface area contributed by atoms with Gasteiger partial charge in [-0.3, -0.25) is 5.06 Å². The molecule has 88 valence electrons. The molecule has 1 atom stereocenters. The molecule has 1 unspecified atom stereocenters. The third kappa shape index (κ3) is 2.12. The third-order valence-electron chi connectivity index (χ3n) is 3.20. The van der Waals surface area contributed by atoms with Crippen LogP contribution in [0, 0.1) is 17.6 Å². The number of rotatable bonds is 4. The summed E-state index contributed by atoms with van der Waals surface area (Å²) in [5, 5.41) is 12.1.